The smallest absolute Gasteiger partial charge is 0.275 e. The van der Waals surface area contributed by atoms with Crippen LogP contribution in [0.5, 0.6) is 5.75 Å². The number of carbonyl (C=O) groups is 1. The third-order valence-corrected chi connectivity index (χ3v) is 4.34. The van der Waals surface area contributed by atoms with Crippen LogP contribution in [0.3, 0.4) is 0 Å². The minimum absolute atomic E-state index is 0.0574. The molecule has 0 unspecified atom stereocenters. The number of fused-ring (bicyclic) bond motifs is 1. The van der Waals surface area contributed by atoms with Crippen molar-refractivity contribution in [1.82, 2.24) is 5.43 Å². The lowest BCUT2D eigenvalue weighted by molar-refractivity contribution is 0.0952. The van der Waals surface area contributed by atoms with Gasteiger partial charge in [0.05, 0.1) is 11.3 Å². The molecule has 0 atom stereocenters. The van der Waals surface area contributed by atoms with Gasteiger partial charge >= 0.3 is 0 Å². The first-order chi connectivity index (χ1) is 12.6. The van der Waals surface area contributed by atoms with Crippen LogP contribution in [-0.4, -0.2) is 16.7 Å². The van der Waals surface area contributed by atoms with Crippen LogP contribution in [-0.2, 0) is 6.42 Å². The molecule has 0 aliphatic rings. The maximum Gasteiger partial charge on any atom is 0.275 e. The standard InChI is InChI=1S/C22H22N2O2/c1-3-6-16-9-11-17(12-10-16)15(2)23-24-22(26)20-13-18-7-4-5-8-19(18)14-21(20)25/h4-5,7-14,25H,3,6H2,1-2H3,(H,24,26). The number of aryl methyl sites for hydroxylation is 1. The van der Waals surface area contributed by atoms with Crippen molar-refractivity contribution >= 4 is 22.4 Å². The minimum Gasteiger partial charge on any atom is -0.507 e. The summed E-state index contributed by atoms with van der Waals surface area (Å²) in [7, 11) is 0. The molecular weight excluding hydrogens is 324 g/mol. The SMILES string of the molecule is CCCc1ccc(C(C)=NNC(=O)c2cc3ccccc3cc2O)cc1. The Morgan fingerprint density at radius 3 is 2.35 bits per heavy atom. The van der Waals surface area contributed by atoms with Gasteiger partial charge in [0, 0.05) is 0 Å². The molecule has 3 rings (SSSR count). The molecule has 1 amide bonds. The van der Waals surface area contributed by atoms with Gasteiger partial charge in [0.25, 0.3) is 5.91 Å². The van der Waals surface area contributed by atoms with Crippen molar-refractivity contribution in [2.75, 3.05) is 0 Å². The second-order valence-electron chi connectivity index (χ2n) is 6.30. The van der Waals surface area contributed by atoms with E-state index in [0.717, 1.165) is 29.2 Å². The van der Waals surface area contributed by atoms with E-state index in [1.54, 1.807) is 12.1 Å². The topological polar surface area (TPSA) is 61.7 Å². The van der Waals surface area contributed by atoms with Gasteiger partial charge < -0.3 is 5.11 Å². The van der Waals surface area contributed by atoms with E-state index in [9.17, 15) is 9.90 Å². The Morgan fingerprint density at radius 2 is 1.69 bits per heavy atom. The van der Waals surface area contributed by atoms with Gasteiger partial charge in [-0.15, -0.1) is 0 Å². The van der Waals surface area contributed by atoms with Crippen LogP contribution in [0.2, 0.25) is 0 Å². The molecular formula is C22H22N2O2. The molecule has 0 saturated carbocycles. The summed E-state index contributed by atoms with van der Waals surface area (Å²) in [6.07, 6.45) is 2.16. The third kappa shape index (κ3) is 3.91. The first-order valence-corrected chi connectivity index (χ1v) is 8.74. The summed E-state index contributed by atoms with van der Waals surface area (Å²) < 4.78 is 0. The van der Waals surface area contributed by atoms with Crippen LogP contribution >= 0.6 is 0 Å². The fourth-order valence-corrected chi connectivity index (χ4v) is 2.87. The van der Waals surface area contributed by atoms with E-state index >= 15 is 0 Å². The van der Waals surface area contributed by atoms with E-state index in [4.69, 9.17) is 0 Å². The lowest BCUT2D eigenvalue weighted by atomic mass is 10.1. The van der Waals surface area contributed by atoms with Crippen molar-refractivity contribution < 1.29 is 9.90 Å². The highest BCUT2D eigenvalue weighted by molar-refractivity contribution is 6.03. The predicted molar refractivity (Wildman–Crippen MR) is 106 cm³/mol. The molecule has 0 aliphatic heterocycles. The van der Waals surface area contributed by atoms with Gasteiger partial charge in [-0.05, 0) is 47.4 Å². The lowest BCUT2D eigenvalue weighted by Crippen LogP contribution is -2.19. The number of benzene rings is 3. The second kappa shape index (κ2) is 7.83. The lowest BCUT2D eigenvalue weighted by Gasteiger charge is -2.07. The van der Waals surface area contributed by atoms with Crippen molar-refractivity contribution in [3.05, 3.63) is 77.4 Å². The molecule has 0 radical (unpaired) electrons. The fourth-order valence-electron chi connectivity index (χ4n) is 2.87. The third-order valence-electron chi connectivity index (χ3n) is 4.34. The summed E-state index contributed by atoms with van der Waals surface area (Å²) in [6.45, 7) is 3.99. The zero-order valence-corrected chi connectivity index (χ0v) is 15.0. The van der Waals surface area contributed by atoms with Gasteiger partial charge in [-0.2, -0.15) is 5.10 Å². The number of amides is 1. The fraction of sp³-hybridized carbons (Fsp3) is 0.182. The molecule has 0 bridgehead atoms. The molecule has 4 heteroatoms. The molecule has 0 aromatic heterocycles. The molecule has 0 heterocycles. The normalized spacial score (nSPS) is 11.5. The highest BCUT2D eigenvalue weighted by Gasteiger charge is 2.12. The molecule has 3 aromatic carbocycles. The minimum atomic E-state index is -0.435. The molecule has 4 nitrogen and oxygen atoms in total. The number of hydrogen-bond donors (Lipinski definition) is 2. The number of carbonyl (C=O) groups excluding carboxylic acids is 1. The number of hydrazone groups is 1. The van der Waals surface area contributed by atoms with Crippen molar-refractivity contribution in [2.24, 2.45) is 5.10 Å². The van der Waals surface area contributed by atoms with Crippen molar-refractivity contribution in [3.63, 3.8) is 0 Å². The number of nitrogens with one attached hydrogen (secondary N) is 1. The summed E-state index contributed by atoms with van der Waals surface area (Å²) in [6, 6.07) is 19.0. The maximum atomic E-state index is 12.4. The van der Waals surface area contributed by atoms with Gasteiger partial charge in [0.2, 0.25) is 0 Å². The number of nitrogens with zero attached hydrogens (tertiary/aromatic N) is 1. The average Bonchev–Trinajstić information content (AvgIpc) is 2.66. The molecule has 132 valence electrons. The summed E-state index contributed by atoms with van der Waals surface area (Å²) in [5.41, 5.74) is 5.69. The molecule has 0 spiro atoms. The van der Waals surface area contributed by atoms with E-state index < -0.39 is 5.91 Å². The van der Waals surface area contributed by atoms with Crippen molar-refractivity contribution in [2.45, 2.75) is 26.7 Å². The number of hydrogen-bond acceptors (Lipinski definition) is 3. The van der Waals surface area contributed by atoms with Crippen molar-refractivity contribution in [3.8, 4) is 5.75 Å². The van der Waals surface area contributed by atoms with Crippen LogP contribution in [0.15, 0.2) is 65.8 Å². The summed E-state index contributed by atoms with van der Waals surface area (Å²) in [4.78, 5) is 12.4. The van der Waals surface area contributed by atoms with Crippen LogP contribution in [0.1, 0.15) is 41.8 Å². The Labute approximate surface area is 153 Å². The Bertz CT molecular complexity index is 960. The molecule has 0 saturated heterocycles. The zero-order chi connectivity index (χ0) is 18.5. The van der Waals surface area contributed by atoms with E-state index in [0.29, 0.717) is 5.71 Å². The number of aromatic hydroxyl groups is 1. The van der Waals surface area contributed by atoms with Crippen LogP contribution in [0.4, 0.5) is 0 Å². The number of phenolic OH excluding ortho intramolecular Hbond substituents is 1. The van der Waals surface area contributed by atoms with Crippen molar-refractivity contribution in [1.29, 1.82) is 0 Å². The van der Waals surface area contributed by atoms with E-state index in [1.165, 1.54) is 5.56 Å². The average molecular weight is 346 g/mol. The van der Waals surface area contributed by atoms with Gasteiger partial charge in [-0.1, -0.05) is 61.9 Å². The summed E-state index contributed by atoms with van der Waals surface area (Å²) >= 11 is 0. The Balaban J connectivity index is 1.77. The second-order valence-corrected chi connectivity index (χ2v) is 6.30. The van der Waals surface area contributed by atoms with Gasteiger partial charge in [-0.25, -0.2) is 5.43 Å². The molecule has 26 heavy (non-hydrogen) atoms. The Hall–Kier alpha value is -3.14. The maximum absolute atomic E-state index is 12.4. The zero-order valence-electron chi connectivity index (χ0n) is 15.0. The van der Waals surface area contributed by atoms with E-state index in [1.807, 2.05) is 43.3 Å². The molecule has 3 aromatic rings. The predicted octanol–water partition coefficient (Wildman–Crippen LogP) is 4.65. The number of phenols is 1. The van der Waals surface area contributed by atoms with Gasteiger partial charge in [0.1, 0.15) is 5.75 Å². The van der Waals surface area contributed by atoms with Gasteiger partial charge in [-0.3, -0.25) is 4.79 Å². The summed E-state index contributed by atoms with van der Waals surface area (Å²) in [5, 5.41) is 16.1. The highest BCUT2D eigenvalue weighted by atomic mass is 16.3. The monoisotopic (exact) mass is 346 g/mol. The van der Waals surface area contributed by atoms with Crippen LogP contribution in [0, 0.1) is 0 Å². The van der Waals surface area contributed by atoms with E-state index in [2.05, 4.69) is 29.6 Å². The Morgan fingerprint density at radius 1 is 1.04 bits per heavy atom. The largest absolute Gasteiger partial charge is 0.507 e. The van der Waals surface area contributed by atoms with Crippen LogP contribution in [0.25, 0.3) is 10.8 Å². The molecule has 0 aliphatic carbocycles. The first-order valence-electron chi connectivity index (χ1n) is 8.74. The summed E-state index contributed by atoms with van der Waals surface area (Å²) in [5.74, 6) is -0.492. The van der Waals surface area contributed by atoms with Crippen LogP contribution < -0.4 is 5.43 Å². The first kappa shape index (κ1) is 17.7. The number of rotatable bonds is 5. The quantitative estimate of drug-likeness (QED) is 0.522. The van der Waals surface area contributed by atoms with E-state index in [-0.39, 0.29) is 11.3 Å². The van der Waals surface area contributed by atoms with Gasteiger partial charge in [0.15, 0.2) is 0 Å². The molecule has 2 N–H and O–H groups in total. The Kier molecular flexibility index (Phi) is 5.32. The molecule has 0 fully saturated rings. The highest BCUT2D eigenvalue weighted by Crippen LogP contribution is 2.24.